The molecule has 3 nitrogen and oxygen atoms in total. The zero-order valence-corrected chi connectivity index (χ0v) is 11.2. The largest absolute Gasteiger partial charge is 0.383 e. The van der Waals surface area contributed by atoms with Gasteiger partial charge >= 0.3 is 0 Å². The van der Waals surface area contributed by atoms with Crippen LogP contribution in [0, 0.1) is 5.92 Å². The van der Waals surface area contributed by atoms with Crippen LogP contribution in [0.3, 0.4) is 0 Å². The van der Waals surface area contributed by atoms with Crippen LogP contribution in [-0.2, 0) is 6.42 Å². The van der Waals surface area contributed by atoms with Crippen molar-refractivity contribution in [3.63, 3.8) is 0 Å². The maximum absolute atomic E-state index is 5.88. The molecule has 96 valence electrons. The van der Waals surface area contributed by atoms with Crippen LogP contribution in [0.2, 0.25) is 0 Å². The minimum Gasteiger partial charge on any atom is -0.383 e. The molecule has 17 heavy (non-hydrogen) atoms. The van der Waals surface area contributed by atoms with Crippen molar-refractivity contribution in [1.29, 1.82) is 0 Å². The minimum absolute atomic E-state index is 0.508. The van der Waals surface area contributed by atoms with Crippen LogP contribution in [0.4, 0.5) is 5.82 Å². The van der Waals surface area contributed by atoms with Crippen molar-refractivity contribution in [2.45, 2.75) is 46.1 Å². The number of pyridine rings is 1. The number of likely N-dealkylation sites (N-methyl/N-ethyl adjacent to an activating group) is 1. The van der Waals surface area contributed by atoms with Gasteiger partial charge in [0, 0.05) is 12.2 Å². The lowest BCUT2D eigenvalue weighted by Crippen LogP contribution is -2.31. The summed E-state index contributed by atoms with van der Waals surface area (Å²) in [5.74, 6) is 1.42. The molecular weight excluding hydrogens is 210 g/mol. The van der Waals surface area contributed by atoms with Gasteiger partial charge in [-0.2, -0.15) is 0 Å². The fourth-order valence-electron chi connectivity index (χ4n) is 1.99. The van der Waals surface area contributed by atoms with Crippen LogP contribution in [0.1, 0.15) is 39.2 Å². The Balaban J connectivity index is 2.56. The number of anilines is 1. The van der Waals surface area contributed by atoms with Gasteiger partial charge in [0.1, 0.15) is 5.82 Å². The zero-order valence-electron chi connectivity index (χ0n) is 11.2. The second-order valence-electron chi connectivity index (χ2n) is 4.98. The van der Waals surface area contributed by atoms with Crippen LogP contribution < -0.4 is 11.1 Å². The van der Waals surface area contributed by atoms with Gasteiger partial charge in [0.05, 0.1) is 0 Å². The van der Waals surface area contributed by atoms with E-state index in [9.17, 15) is 0 Å². The number of nitrogen functional groups attached to an aromatic ring is 1. The summed E-state index contributed by atoms with van der Waals surface area (Å²) in [6.07, 6.45) is 5.16. The highest BCUT2D eigenvalue weighted by Crippen LogP contribution is 2.14. The molecule has 0 saturated carbocycles. The summed E-state index contributed by atoms with van der Waals surface area (Å²) >= 11 is 0. The smallest absolute Gasteiger partial charge is 0.126 e. The summed E-state index contributed by atoms with van der Waals surface area (Å²) in [6.45, 7) is 7.68. The van der Waals surface area contributed by atoms with Gasteiger partial charge in [-0.05, 0) is 43.4 Å². The first-order valence-electron chi connectivity index (χ1n) is 6.56. The normalized spacial score (nSPS) is 12.9. The first kappa shape index (κ1) is 14.0. The van der Waals surface area contributed by atoms with Crippen molar-refractivity contribution in [2.24, 2.45) is 5.92 Å². The zero-order chi connectivity index (χ0) is 12.7. The lowest BCUT2D eigenvalue weighted by atomic mass is 9.98. The van der Waals surface area contributed by atoms with E-state index in [2.05, 4.69) is 37.1 Å². The quantitative estimate of drug-likeness (QED) is 0.764. The van der Waals surface area contributed by atoms with Crippen molar-refractivity contribution >= 4 is 5.82 Å². The predicted molar refractivity (Wildman–Crippen MR) is 73.9 cm³/mol. The third kappa shape index (κ3) is 5.18. The van der Waals surface area contributed by atoms with Crippen LogP contribution in [0.15, 0.2) is 18.3 Å². The maximum Gasteiger partial charge on any atom is 0.126 e. The third-order valence-corrected chi connectivity index (χ3v) is 2.98. The number of hydrogen-bond acceptors (Lipinski definition) is 3. The number of hydrogen-bond donors (Lipinski definition) is 2. The van der Waals surface area contributed by atoms with Crippen molar-refractivity contribution < 1.29 is 0 Å². The molecule has 3 N–H and O–H groups in total. The highest BCUT2D eigenvalue weighted by Gasteiger charge is 2.11. The molecule has 0 radical (unpaired) electrons. The number of aromatic nitrogens is 1. The molecule has 1 unspecified atom stereocenters. The van der Waals surface area contributed by atoms with E-state index in [0.29, 0.717) is 11.9 Å². The molecule has 0 aromatic carbocycles. The summed E-state index contributed by atoms with van der Waals surface area (Å²) in [4.78, 5) is 4.14. The number of rotatable bonds is 7. The molecule has 1 atom stereocenters. The van der Waals surface area contributed by atoms with Crippen molar-refractivity contribution in [2.75, 3.05) is 12.3 Å². The Morgan fingerprint density at radius 2 is 2.12 bits per heavy atom. The predicted octanol–water partition coefficient (Wildman–Crippen LogP) is 2.62. The van der Waals surface area contributed by atoms with Gasteiger partial charge in [0.25, 0.3) is 0 Å². The molecule has 0 fully saturated rings. The van der Waals surface area contributed by atoms with Gasteiger partial charge in [0.2, 0.25) is 0 Å². The minimum atomic E-state index is 0.508. The molecule has 0 bridgehead atoms. The van der Waals surface area contributed by atoms with E-state index in [0.717, 1.165) is 24.4 Å². The summed E-state index contributed by atoms with van der Waals surface area (Å²) in [5.41, 5.74) is 7.04. The fourth-order valence-corrected chi connectivity index (χ4v) is 1.99. The third-order valence-electron chi connectivity index (χ3n) is 2.98. The Labute approximate surface area is 105 Å². The molecule has 0 saturated heterocycles. The molecule has 1 heterocycles. The summed E-state index contributed by atoms with van der Waals surface area (Å²) in [6, 6.07) is 4.54. The monoisotopic (exact) mass is 235 g/mol. The summed E-state index contributed by atoms with van der Waals surface area (Å²) in [7, 11) is 0. The second kappa shape index (κ2) is 7.28. The van der Waals surface area contributed by atoms with Crippen molar-refractivity contribution in [1.82, 2.24) is 10.3 Å². The fraction of sp³-hybridized carbons (Fsp3) is 0.643. The molecular formula is C14H25N3. The molecule has 0 aliphatic carbocycles. The maximum atomic E-state index is 5.88. The van der Waals surface area contributed by atoms with E-state index in [1.165, 1.54) is 12.8 Å². The van der Waals surface area contributed by atoms with E-state index in [1.807, 2.05) is 6.07 Å². The summed E-state index contributed by atoms with van der Waals surface area (Å²) in [5, 5.41) is 3.53. The average Bonchev–Trinajstić information content (AvgIpc) is 2.29. The molecule has 0 spiro atoms. The molecule has 1 rings (SSSR count). The van der Waals surface area contributed by atoms with Gasteiger partial charge in [-0.1, -0.05) is 26.8 Å². The first-order chi connectivity index (χ1) is 8.13. The van der Waals surface area contributed by atoms with Crippen LogP contribution in [-0.4, -0.2) is 17.6 Å². The first-order valence-corrected chi connectivity index (χ1v) is 6.56. The molecule has 3 heteroatoms. The second-order valence-corrected chi connectivity index (χ2v) is 4.98. The van der Waals surface area contributed by atoms with Gasteiger partial charge in [-0.15, -0.1) is 0 Å². The van der Waals surface area contributed by atoms with Crippen molar-refractivity contribution in [3.8, 4) is 0 Å². The van der Waals surface area contributed by atoms with Crippen molar-refractivity contribution in [3.05, 3.63) is 23.9 Å². The Bertz CT molecular complexity index is 323. The molecule has 0 aliphatic rings. The van der Waals surface area contributed by atoms with Gasteiger partial charge in [0.15, 0.2) is 0 Å². The standard InChI is InChI=1S/C14H25N3/c1-4-16-13(8-7-11(2)3)10-12-6-5-9-17-14(12)15/h5-6,9,11,13,16H,4,7-8,10H2,1-3H3,(H2,15,17). The van der Waals surface area contributed by atoms with E-state index in [4.69, 9.17) is 5.73 Å². The Morgan fingerprint density at radius 1 is 1.35 bits per heavy atom. The highest BCUT2D eigenvalue weighted by atomic mass is 14.9. The summed E-state index contributed by atoms with van der Waals surface area (Å²) < 4.78 is 0. The van der Waals surface area contributed by atoms with Crippen LogP contribution in [0.25, 0.3) is 0 Å². The van der Waals surface area contributed by atoms with Gasteiger partial charge < -0.3 is 11.1 Å². The Morgan fingerprint density at radius 3 is 2.71 bits per heavy atom. The molecule has 1 aromatic heterocycles. The molecule has 0 aliphatic heterocycles. The number of nitrogens with one attached hydrogen (secondary N) is 1. The lowest BCUT2D eigenvalue weighted by molar-refractivity contribution is 0.435. The SMILES string of the molecule is CCNC(CCC(C)C)Cc1cccnc1N. The average molecular weight is 235 g/mol. The van der Waals surface area contributed by atoms with E-state index >= 15 is 0 Å². The van der Waals surface area contributed by atoms with Crippen LogP contribution >= 0.6 is 0 Å². The molecule has 1 aromatic rings. The van der Waals surface area contributed by atoms with E-state index in [1.54, 1.807) is 6.20 Å². The number of nitrogens with zero attached hydrogens (tertiary/aromatic N) is 1. The van der Waals surface area contributed by atoms with Gasteiger partial charge in [-0.25, -0.2) is 4.98 Å². The van der Waals surface area contributed by atoms with E-state index in [-0.39, 0.29) is 0 Å². The van der Waals surface area contributed by atoms with E-state index < -0.39 is 0 Å². The van der Waals surface area contributed by atoms with Gasteiger partial charge in [-0.3, -0.25) is 0 Å². The Hall–Kier alpha value is -1.09. The topological polar surface area (TPSA) is 50.9 Å². The Kier molecular flexibility index (Phi) is 5.98. The highest BCUT2D eigenvalue weighted by molar-refractivity contribution is 5.38. The molecule has 0 amide bonds. The lowest BCUT2D eigenvalue weighted by Gasteiger charge is -2.19. The van der Waals surface area contributed by atoms with Crippen LogP contribution in [0.5, 0.6) is 0 Å². The number of nitrogens with two attached hydrogens (primary N) is 1.